The number of carbonyl (C=O) groups excluding carboxylic acids is 1. The van der Waals surface area contributed by atoms with Gasteiger partial charge in [-0.25, -0.2) is 9.78 Å². The number of halogens is 3. The fourth-order valence-electron chi connectivity index (χ4n) is 3.92. The molecule has 1 aliphatic rings. The molecule has 1 aromatic carbocycles. The van der Waals surface area contributed by atoms with Crippen LogP contribution in [0.5, 0.6) is 0 Å². The van der Waals surface area contributed by atoms with Crippen molar-refractivity contribution in [2.75, 3.05) is 6.54 Å². The van der Waals surface area contributed by atoms with Crippen molar-refractivity contribution in [2.45, 2.75) is 70.8 Å². The first-order valence-corrected chi connectivity index (χ1v) is 10.6. The fourth-order valence-corrected chi connectivity index (χ4v) is 3.92. The summed E-state index contributed by atoms with van der Waals surface area (Å²) in [6.07, 6.45) is 5.18. The Labute approximate surface area is 175 Å². The number of amides is 2. The molecule has 2 aromatic rings. The van der Waals surface area contributed by atoms with Crippen molar-refractivity contribution < 1.29 is 18.0 Å². The van der Waals surface area contributed by atoms with Gasteiger partial charge in [0.05, 0.1) is 12.1 Å². The van der Waals surface area contributed by atoms with Crippen molar-refractivity contribution in [1.29, 1.82) is 0 Å². The molecule has 0 atom stereocenters. The van der Waals surface area contributed by atoms with Crippen LogP contribution in [-0.2, 0) is 19.3 Å². The van der Waals surface area contributed by atoms with E-state index >= 15 is 0 Å². The van der Waals surface area contributed by atoms with Crippen LogP contribution >= 0.6 is 0 Å². The molecule has 1 aliphatic carbocycles. The van der Waals surface area contributed by atoms with Crippen molar-refractivity contribution in [3.05, 3.63) is 53.6 Å². The molecule has 0 saturated heterocycles. The molecule has 0 bridgehead atoms. The maximum Gasteiger partial charge on any atom is 0.416 e. The van der Waals surface area contributed by atoms with Crippen molar-refractivity contribution in [3.63, 3.8) is 0 Å². The van der Waals surface area contributed by atoms with Crippen molar-refractivity contribution >= 4 is 6.03 Å². The second-order valence-corrected chi connectivity index (χ2v) is 7.82. The minimum absolute atomic E-state index is 0.0997. The monoisotopic (exact) mass is 422 g/mol. The lowest BCUT2D eigenvalue weighted by molar-refractivity contribution is -0.137. The molecule has 3 rings (SSSR count). The van der Waals surface area contributed by atoms with Gasteiger partial charge in [-0.05, 0) is 37.0 Å². The van der Waals surface area contributed by atoms with E-state index in [0.717, 1.165) is 44.2 Å². The average Bonchev–Trinajstić information content (AvgIpc) is 3.17. The molecule has 1 N–H and O–H groups in total. The van der Waals surface area contributed by atoms with Gasteiger partial charge in [-0.15, -0.1) is 0 Å². The van der Waals surface area contributed by atoms with E-state index in [9.17, 15) is 18.0 Å². The third-order valence-electron chi connectivity index (χ3n) is 5.52. The lowest BCUT2D eigenvalue weighted by Gasteiger charge is -2.34. The molecule has 0 spiro atoms. The standard InChI is InChI=1S/C22H29F3N4O/c1-2-11-27-21(30)29(19-9-4-3-5-10-19)16-20-26-12-13-28(20)15-17-7-6-8-18(14-17)22(23,24)25/h6-8,12-14,19H,2-5,9-11,15-16H2,1H3,(H,27,30). The summed E-state index contributed by atoms with van der Waals surface area (Å²) < 4.78 is 40.9. The molecule has 2 amide bonds. The van der Waals surface area contributed by atoms with E-state index in [4.69, 9.17) is 0 Å². The summed E-state index contributed by atoms with van der Waals surface area (Å²) in [4.78, 5) is 19.1. The van der Waals surface area contributed by atoms with Gasteiger partial charge in [0.25, 0.3) is 0 Å². The van der Waals surface area contributed by atoms with Crippen molar-refractivity contribution in [1.82, 2.24) is 19.8 Å². The number of aromatic nitrogens is 2. The summed E-state index contributed by atoms with van der Waals surface area (Å²) in [6, 6.07) is 5.39. The molecule has 1 fully saturated rings. The maximum absolute atomic E-state index is 13.0. The topological polar surface area (TPSA) is 50.2 Å². The number of imidazole rings is 1. The number of hydrogen-bond donors (Lipinski definition) is 1. The highest BCUT2D eigenvalue weighted by molar-refractivity contribution is 5.74. The number of nitrogens with zero attached hydrogens (tertiary/aromatic N) is 3. The van der Waals surface area contributed by atoms with E-state index in [1.165, 1.54) is 12.5 Å². The van der Waals surface area contributed by atoms with Gasteiger partial charge in [0.2, 0.25) is 0 Å². The summed E-state index contributed by atoms with van der Waals surface area (Å²) >= 11 is 0. The number of alkyl halides is 3. The number of hydrogen-bond acceptors (Lipinski definition) is 2. The normalized spacial score (nSPS) is 15.2. The third kappa shape index (κ3) is 5.77. The van der Waals surface area contributed by atoms with Crippen LogP contribution in [0.25, 0.3) is 0 Å². The Balaban J connectivity index is 1.77. The minimum Gasteiger partial charge on any atom is -0.338 e. The maximum atomic E-state index is 13.0. The zero-order valence-corrected chi connectivity index (χ0v) is 17.3. The number of carbonyl (C=O) groups is 1. The summed E-state index contributed by atoms with van der Waals surface area (Å²) in [5.74, 6) is 0.671. The number of nitrogens with one attached hydrogen (secondary N) is 1. The molecule has 0 unspecified atom stereocenters. The van der Waals surface area contributed by atoms with Crippen LogP contribution in [0.1, 0.15) is 62.4 Å². The molecular formula is C22H29F3N4O. The first-order valence-electron chi connectivity index (χ1n) is 10.6. The molecule has 1 saturated carbocycles. The summed E-state index contributed by atoms with van der Waals surface area (Å²) in [7, 11) is 0. The lowest BCUT2D eigenvalue weighted by atomic mass is 9.94. The van der Waals surface area contributed by atoms with Gasteiger partial charge in [-0.1, -0.05) is 38.3 Å². The summed E-state index contributed by atoms with van der Waals surface area (Å²) in [5, 5.41) is 2.96. The molecule has 1 aromatic heterocycles. The van der Waals surface area contributed by atoms with Crippen LogP contribution < -0.4 is 5.32 Å². The van der Waals surface area contributed by atoms with Crippen LogP contribution in [0.3, 0.4) is 0 Å². The Hall–Kier alpha value is -2.51. The Bertz CT molecular complexity index is 828. The first-order chi connectivity index (χ1) is 14.4. The molecule has 1 heterocycles. The van der Waals surface area contributed by atoms with Crippen LogP contribution in [-0.4, -0.2) is 33.1 Å². The molecule has 8 heteroatoms. The lowest BCUT2D eigenvalue weighted by Crippen LogP contribution is -2.47. The van der Waals surface area contributed by atoms with Gasteiger partial charge in [0.15, 0.2) is 0 Å². The second kappa shape index (κ2) is 10.00. The number of benzene rings is 1. The Morgan fingerprint density at radius 3 is 2.73 bits per heavy atom. The van der Waals surface area contributed by atoms with E-state index in [0.29, 0.717) is 24.5 Å². The van der Waals surface area contributed by atoms with E-state index in [1.807, 2.05) is 16.4 Å². The van der Waals surface area contributed by atoms with Gasteiger partial charge in [-0.2, -0.15) is 13.2 Å². The van der Waals surface area contributed by atoms with Crippen molar-refractivity contribution in [3.8, 4) is 0 Å². The van der Waals surface area contributed by atoms with E-state index in [1.54, 1.807) is 18.5 Å². The largest absolute Gasteiger partial charge is 0.416 e. The van der Waals surface area contributed by atoms with Crippen LogP contribution in [0.4, 0.5) is 18.0 Å². The Morgan fingerprint density at radius 1 is 1.27 bits per heavy atom. The molecule has 164 valence electrons. The average molecular weight is 422 g/mol. The van der Waals surface area contributed by atoms with Crippen molar-refractivity contribution in [2.24, 2.45) is 0 Å². The van der Waals surface area contributed by atoms with Gasteiger partial charge in [0, 0.05) is 31.5 Å². The Morgan fingerprint density at radius 2 is 2.03 bits per heavy atom. The van der Waals surface area contributed by atoms with Crippen LogP contribution in [0, 0.1) is 0 Å². The van der Waals surface area contributed by atoms with E-state index in [-0.39, 0.29) is 18.6 Å². The molecular weight excluding hydrogens is 393 g/mol. The fraction of sp³-hybridized carbons (Fsp3) is 0.545. The Kier molecular flexibility index (Phi) is 7.39. The van der Waals surface area contributed by atoms with Gasteiger partial charge < -0.3 is 14.8 Å². The quantitative estimate of drug-likeness (QED) is 0.666. The highest BCUT2D eigenvalue weighted by Crippen LogP contribution is 2.30. The highest BCUT2D eigenvalue weighted by atomic mass is 19.4. The van der Waals surface area contributed by atoms with E-state index in [2.05, 4.69) is 10.3 Å². The van der Waals surface area contributed by atoms with Gasteiger partial charge >= 0.3 is 12.2 Å². The molecule has 5 nitrogen and oxygen atoms in total. The first kappa shape index (κ1) is 22.2. The highest BCUT2D eigenvalue weighted by Gasteiger charge is 2.30. The molecule has 30 heavy (non-hydrogen) atoms. The number of rotatable bonds is 7. The third-order valence-corrected chi connectivity index (χ3v) is 5.52. The van der Waals surface area contributed by atoms with Crippen LogP contribution in [0.2, 0.25) is 0 Å². The van der Waals surface area contributed by atoms with E-state index < -0.39 is 11.7 Å². The summed E-state index contributed by atoms with van der Waals surface area (Å²) in [5.41, 5.74) is -0.117. The smallest absolute Gasteiger partial charge is 0.338 e. The SMILES string of the molecule is CCCNC(=O)N(Cc1nccn1Cc1cccc(C(F)(F)F)c1)C1CCCCC1. The van der Waals surface area contributed by atoms with Crippen LogP contribution in [0.15, 0.2) is 36.7 Å². The number of urea groups is 1. The zero-order valence-electron chi connectivity index (χ0n) is 17.3. The molecule has 0 aliphatic heterocycles. The minimum atomic E-state index is -4.37. The van der Waals surface area contributed by atoms with Gasteiger partial charge in [-0.3, -0.25) is 0 Å². The molecule has 0 radical (unpaired) electrons. The predicted molar refractivity (Wildman–Crippen MR) is 109 cm³/mol. The zero-order chi connectivity index (χ0) is 21.6. The predicted octanol–water partition coefficient (Wildman–Crippen LogP) is 5.20. The summed E-state index contributed by atoms with van der Waals surface area (Å²) in [6.45, 7) is 3.23. The second-order valence-electron chi connectivity index (χ2n) is 7.82. The van der Waals surface area contributed by atoms with Gasteiger partial charge in [0.1, 0.15) is 5.82 Å².